The van der Waals surface area contributed by atoms with Gasteiger partial charge in [0.1, 0.15) is 11.3 Å². The van der Waals surface area contributed by atoms with Crippen LogP contribution in [0.4, 0.5) is 16.2 Å². The van der Waals surface area contributed by atoms with Gasteiger partial charge in [0, 0.05) is 42.9 Å². The Morgan fingerprint density at radius 1 is 1.06 bits per heavy atom. The highest BCUT2D eigenvalue weighted by atomic mass is 32.2. The van der Waals surface area contributed by atoms with Crippen LogP contribution in [-0.4, -0.2) is 78.8 Å². The molecule has 1 aliphatic heterocycles. The van der Waals surface area contributed by atoms with Crippen molar-refractivity contribution in [3.05, 3.63) is 53.1 Å². The third-order valence-electron chi connectivity index (χ3n) is 8.19. The smallest absolute Gasteiger partial charge is 0.333 e. The number of hydrogen-bond acceptors (Lipinski definition) is 8. The molecule has 1 fully saturated rings. The van der Waals surface area contributed by atoms with Gasteiger partial charge in [-0.2, -0.15) is 4.31 Å². The van der Waals surface area contributed by atoms with E-state index in [-0.39, 0.29) is 37.9 Å². The Morgan fingerprint density at radius 2 is 1.71 bits per heavy atom. The predicted octanol–water partition coefficient (Wildman–Crippen LogP) is 4.90. The maximum atomic E-state index is 13.8. The molecule has 0 radical (unpaired) electrons. The minimum atomic E-state index is -2.57. The van der Waals surface area contributed by atoms with Crippen LogP contribution in [0.2, 0.25) is 0 Å². The van der Waals surface area contributed by atoms with Gasteiger partial charge in [0.25, 0.3) is 5.91 Å². The van der Waals surface area contributed by atoms with Crippen LogP contribution in [0.25, 0.3) is 0 Å². The summed E-state index contributed by atoms with van der Waals surface area (Å²) in [6, 6.07) is 8.90. The van der Waals surface area contributed by atoms with Gasteiger partial charge in [-0.1, -0.05) is 46.8 Å². The van der Waals surface area contributed by atoms with Gasteiger partial charge in [-0.25, -0.2) is 13.9 Å². The topological polar surface area (TPSA) is 183 Å². The second-order valence-corrected chi connectivity index (χ2v) is 13.5. The van der Waals surface area contributed by atoms with E-state index in [0.29, 0.717) is 34.7 Å². The number of carbonyl (C=O) groups excluding carboxylic acids is 4. The number of urea groups is 1. The van der Waals surface area contributed by atoms with Crippen LogP contribution in [0, 0.1) is 0 Å². The van der Waals surface area contributed by atoms with Crippen LogP contribution >= 0.6 is 0 Å². The number of nitrogens with one attached hydrogen (secondary N) is 1. The molecule has 15 heteroatoms. The molecule has 14 nitrogen and oxygen atoms in total. The minimum Gasteiger partial charge on any atom is -0.496 e. The van der Waals surface area contributed by atoms with E-state index >= 15 is 0 Å². The number of aliphatic carboxylic acids is 1. The Kier molecular flexibility index (Phi) is 12.5. The highest BCUT2D eigenvalue weighted by Gasteiger charge is 2.41. The van der Waals surface area contributed by atoms with Gasteiger partial charge >= 0.3 is 18.0 Å². The van der Waals surface area contributed by atoms with E-state index < -0.39 is 58.7 Å². The first-order chi connectivity index (χ1) is 22.5. The Labute approximate surface area is 282 Å². The summed E-state index contributed by atoms with van der Waals surface area (Å²) in [6.07, 6.45) is 0.773. The van der Waals surface area contributed by atoms with Crippen LogP contribution in [0.5, 0.6) is 5.75 Å². The summed E-state index contributed by atoms with van der Waals surface area (Å²) >= 11 is -2.57. The molecule has 0 saturated carbocycles. The maximum absolute atomic E-state index is 13.8. The molecular formula is C33H44N4O10S. The predicted molar refractivity (Wildman–Crippen MR) is 179 cm³/mol. The highest BCUT2D eigenvalue weighted by molar-refractivity contribution is 7.76. The minimum absolute atomic E-state index is 0.0208. The van der Waals surface area contributed by atoms with Crippen LogP contribution in [-0.2, 0) is 42.3 Å². The Hall–Kier alpha value is -4.34. The van der Waals surface area contributed by atoms with Gasteiger partial charge in [-0.15, -0.1) is 0 Å². The first-order valence-electron chi connectivity index (χ1n) is 15.5. The molecule has 1 aliphatic rings. The molecule has 4 amide bonds. The van der Waals surface area contributed by atoms with E-state index in [0.717, 1.165) is 9.21 Å². The summed E-state index contributed by atoms with van der Waals surface area (Å²) in [6.45, 7) is 9.96. The molecule has 0 aliphatic carbocycles. The van der Waals surface area contributed by atoms with Crippen molar-refractivity contribution < 1.29 is 47.3 Å². The zero-order chi connectivity index (χ0) is 36.0. The largest absolute Gasteiger partial charge is 0.496 e. The fourth-order valence-electron chi connectivity index (χ4n) is 5.08. The first kappa shape index (κ1) is 38.1. The molecule has 2 atom stereocenters. The van der Waals surface area contributed by atoms with Crippen molar-refractivity contribution in [2.45, 2.75) is 84.7 Å². The number of benzene rings is 2. The summed E-state index contributed by atoms with van der Waals surface area (Å²) in [5.74, 6) is -2.51. The summed E-state index contributed by atoms with van der Waals surface area (Å²) in [5, 5.41) is 12.5. The van der Waals surface area contributed by atoms with E-state index in [2.05, 4.69) is 5.32 Å². The maximum Gasteiger partial charge on any atom is 0.333 e. The number of esters is 1. The number of carboxylic acid groups (broad SMARTS) is 1. The highest BCUT2D eigenvalue weighted by Crippen LogP contribution is 2.39. The SMILES string of the molecule is CCCC(=O)OCN1C(=O)CCN(c2cc(C(=O)Nc3ccc(CN(S(=O)O)C(C)(CC)C(=O)O)cc3)c(OC)c(C(C)(C)C)c2)C1=O. The summed E-state index contributed by atoms with van der Waals surface area (Å²) in [7, 11) is 1.44. The van der Waals surface area contributed by atoms with Crippen molar-refractivity contribution in [3.8, 4) is 5.75 Å². The van der Waals surface area contributed by atoms with Gasteiger partial charge in [0.15, 0.2) is 6.73 Å². The van der Waals surface area contributed by atoms with Crippen molar-refractivity contribution in [1.29, 1.82) is 0 Å². The van der Waals surface area contributed by atoms with Crippen molar-refractivity contribution >= 4 is 52.4 Å². The number of hydrogen-bond donors (Lipinski definition) is 3. The molecule has 3 rings (SSSR count). The van der Waals surface area contributed by atoms with Gasteiger partial charge in [0.2, 0.25) is 17.2 Å². The lowest BCUT2D eigenvalue weighted by Crippen LogP contribution is -2.53. The molecule has 0 bridgehead atoms. The number of rotatable bonds is 14. The molecule has 262 valence electrons. The van der Waals surface area contributed by atoms with E-state index in [9.17, 15) is 37.8 Å². The fourth-order valence-corrected chi connectivity index (χ4v) is 5.89. The summed E-state index contributed by atoms with van der Waals surface area (Å²) in [5.41, 5.74) is -0.115. The molecule has 2 aromatic rings. The number of carbonyl (C=O) groups is 5. The van der Waals surface area contributed by atoms with Crippen molar-refractivity contribution in [3.63, 3.8) is 0 Å². The van der Waals surface area contributed by atoms with Crippen molar-refractivity contribution in [1.82, 2.24) is 9.21 Å². The Balaban J connectivity index is 1.94. The number of amides is 4. The van der Waals surface area contributed by atoms with Gasteiger partial charge in [-0.3, -0.25) is 28.6 Å². The summed E-state index contributed by atoms with van der Waals surface area (Å²) < 4.78 is 33.7. The molecule has 2 aromatic carbocycles. The number of anilines is 2. The van der Waals surface area contributed by atoms with Crippen LogP contribution in [0.1, 0.15) is 88.7 Å². The van der Waals surface area contributed by atoms with Crippen LogP contribution < -0.4 is 15.0 Å². The molecule has 1 heterocycles. The Morgan fingerprint density at radius 3 is 2.23 bits per heavy atom. The monoisotopic (exact) mass is 688 g/mol. The third-order valence-corrected chi connectivity index (χ3v) is 9.10. The van der Waals surface area contributed by atoms with Crippen molar-refractivity contribution in [2.24, 2.45) is 0 Å². The quantitative estimate of drug-likeness (QED) is 0.182. The molecular weight excluding hydrogens is 644 g/mol. The number of imide groups is 1. The lowest BCUT2D eigenvalue weighted by Gasteiger charge is -2.35. The van der Waals surface area contributed by atoms with Gasteiger partial charge in [0.05, 0.1) is 12.7 Å². The lowest BCUT2D eigenvalue weighted by molar-refractivity contribution is -0.151. The fraction of sp³-hybridized carbons (Fsp3) is 0.485. The third kappa shape index (κ3) is 8.57. The van der Waals surface area contributed by atoms with Gasteiger partial charge in [-0.05, 0) is 55.0 Å². The lowest BCUT2D eigenvalue weighted by atomic mass is 9.84. The second-order valence-electron chi connectivity index (χ2n) is 12.6. The average molecular weight is 689 g/mol. The second kappa shape index (κ2) is 15.7. The van der Waals surface area contributed by atoms with Crippen LogP contribution in [0.3, 0.4) is 0 Å². The molecule has 3 N–H and O–H groups in total. The molecule has 1 saturated heterocycles. The Bertz CT molecular complexity index is 1570. The zero-order valence-corrected chi connectivity index (χ0v) is 29.1. The van der Waals surface area contributed by atoms with Crippen molar-refractivity contribution in [2.75, 3.05) is 30.6 Å². The first-order valence-corrected chi connectivity index (χ1v) is 16.6. The van der Waals surface area contributed by atoms with Gasteiger partial charge < -0.3 is 19.9 Å². The number of nitrogens with zero attached hydrogens (tertiary/aromatic N) is 3. The molecule has 48 heavy (non-hydrogen) atoms. The van der Waals surface area contributed by atoms with E-state index in [4.69, 9.17) is 9.47 Å². The molecule has 2 unspecified atom stereocenters. The standard InChI is InChI=1S/C33H44N4O10S/c1-8-10-27(39)47-20-36-26(38)15-16-35(31(36)43)23-17-24(28(46-7)25(18-23)32(3,4)5)29(40)34-22-13-11-21(12-14-22)19-37(48(44)45)33(6,9-2)30(41)42/h11-14,17-18H,8-10,15-16,19-20H2,1-7H3,(H,34,40)(H,41,42)(H,44,45). The number of methoxy groups -OCH3 is 1. The number of ether oxygens (including phenoxy) is 2. The zero-order valence-electron chi connectivity index (χ0n) is 28.3. The van der Waals surface area contributed by atoms with E-state index in [1.54, 1.807) is 37.3 Å². The summed E-state index contributed by atoms with van der Waals surface area (Å²) in [4.78, 5) is 65.9. The normalized spacial score (nSPS) is 15.6. The molecule has 0 spiro atoms. The molecule has 0 aromatic heterocycles. The van der Waals surface area contributed by atoms with E-state index in [1.807, 2.05) is 27.7 Å². The van der Waals surface area contributed by atoms with Crippen LogP contribution in [0.15, 0.2) is 36.4 Å². The number of carboxylic acids is 1. The average Bonchev–Trinajstić information content (AvgIpc) is 3.02. The van der Waals surface area contributed by atoms with E-state index in [1.165, 1.54) is 25.0 Å².